The molecular formula is C23H21F2N3O4. The molecule has 0 spiro atoms. The van der Waals surface area contributed by atoms with Crippen LogP contribution in [-0.2, 0) is 14.3 Å². The van der Waals surface area contributed by atoms with E-state index >= 15 is 0 Å². The van der Waals surface area contributed by atoms with Crippen LogP contribution in [-0.4, -0.2) is 40.0 Å². The fourth-order valence-corrected chi connectivity index (χ4v) is 3.72. The van der Waals surface area contributed by atoms with Gasteiger partial charge in [-0.3, -0.25) is 9.59 Å². The summed E-state index contributed by atoms with van der Waals surface area (Å²) in [5.41, 5.74) is 0.932. The molecule has 166 valence electrons. The molecule has 7 nitrogen and oxygen atoms in total. The number of carbonyl (C=O) groups is 2. The highest BCUT2D eigenvalue weighted by molar-refractivity contribution is 5.84. The zero-order chi connectivity index (χ0) is 22.7. The van der Waals surface area contributed by atoms with Gasteiger partial charge in [-0.25, -0.2) is 8.78 Å². The van der Waals surface area contributed by atoms with Crippen molar-refractivity contribution in [3.63, 3.8) is 0 Å². The predicted octanol–water partition coefficient (Wildman–Crippen LogP) is 4.03. The highest BCUT2D eigenvalue weighted by Gasteiger charge is 2.33. The minimum atomic E-state index is -0.992. The molecule has 1 aliphatic heterocycles. The van der Waals surface area contributed by atoms with Crippen LogP contribution >= 0.6 is 0 Å². The van der Waals surface area contributed by atoms with E-state index in [9.17, 15) is 18.4 Å². The highest BCUT2D eigenvalue weighted by Crippen LogP contribution is 2.31. The molecule has 9 heteroatoms. The average Bonchev–Trinajstić information content (AvgIpc) is 3.30. The Bertz CT molecular complexity index is 1110. The Labute approximate surface area is 183 Å². The molecule has 0 radical (unpaired) electrons. The normalized spacial score (nSPS) is 15.4. The van der Waals surface area contributed by atoms with Crippen LogP contribution < -0.4 is 0 Å². The van der Waals surface area contributed by atoms with E-state index in [-0.39, 0.29) is 17.6 Å². The molecule has 1 fully saturated rings. The monoisotopic (exact) mass is 441 g/mol. The van der Waals surface area contributed by atoms with Crippen LogP contribution in [0.15, 0.2) is 53.1 Å². The summed E-state index contributed by atoms with van der Waals surface area (Å²) in [5, 5.41) is 3.87. The number of hydrogen-bond donors (Lipinski definition) is 0. The summed E-state index contributed by atoms with van der Waals surface area (Å²) in [6.07, 6.45) is 0.160. The molecule has 32 heavy (non-hydrogen) atoms. The standard InChI is InChI=1S/C23H21F2N3O4/c1-14(29)31-20(15-5-3-2-4-6-15)23(30)28-11-9-16(10-12-28)22-26-21(27-32-22)17-7-8-18(24)19(25)13-17/h2-8,13,16,20H,9-12H2,1H3/t20-/m0/s1. The molecule has 0 unspecified atom stereocenters. The van der Waals surface area contributed by atoms with E-state index in [1.165, 1.54) is 13.0 Å². The molecule has 1 saturated heterocycles. The van der Waals surface area contributed by atoms with Crippen LogP contribution in [0, 0.1) is 11.6 Å². The SMILES string of the molecule is CC(=O)O[C@H](C(=O)N1CCC(c2nc(-c3ccc(F)c(F)c3)no2)CC1)c1ccccc1. The van der Waals surface area contributed by atoms with Crippen molar-refractivity contribution in [1.82, 2.24) is 15.0 Å². The number of amides is 1. The molecule has 1 aliphatic rings. The Morgan fingerprint density at radius 1 is 1.09 bits per heavy atom. The van der Waals surface area contributed by atoms with Gasteiger partial charge in [0.2, 0.25) is 17.8 Å². The summed E-state index contributed by atoms with van der Waals surface area (Å²) in [6, 6.07) is 12.3. The number of rotatable bonds is 5. The van der Waals surface area contributed by atoms with Gasteiger partial charge in [-0.05, 0) is 31.0 Å². The molecular weight excluding hydrogens is 420 g/mol. The van der Waals surface area contributed by atoms with E-state index in [4.69, 9.17) is 9.26 Å². The largest absolute Gasteiger partial charge is 0.447 e. The van der Waals surface area contributed by atoms with Gasteiger partial charge in [-0.2, -0.15) is 4.98 Å². The molecule has 0 N–H and O–H groups in total. The lowest BCUT2D eigenvalue weighted by Crippen LogP contribution is -2.41. The van der Waals surface area contributed by atoms with Crippen molar-refractivity contribution < 1.29 is 27.6 Å². The van der Waals surface area contributed by atoms with E-state index in [0.717, 1.165) is 12.1 Å². The van der Waals surface area contributed by atoms with Crippen molar-refractivity contribution in [3.05, 3.63) is 71.6 Å². The molecule has 3 aromatic rings. The first kappa shape index (κ1) is 21.6. The first-order chi connectivity index (χ1) is 15.4. The smallest absolute Gasteiger partial charge is 0.303 e. The topological polar surface area (TPSA) is 85.5 Å². The van der Waals surface area contributed by atoms with Crippen LogP contribution in [0.5, 0.6) is 0 Å². The Morgan fingerprint density at radius 3 is 2.47 bits per heavy atom. The van der Waals surface area contributed by atoms with E-state index in [2.05, 4.69) is 10.1 Å². The van der Waals surface area contributed by atoms with Crippen LogP contribution in [0.4, 0.5) is 8.78 Å². The Kier molecular flexibility index (Phi) is 6.25. The van der Waals surface area contributed by atoms with E-state index in [1.54, 1.807) is 29.2 Å². The second-order valence-electron chi connectivity index (χ2n) is 7.58. The fourth-order valence-electron chi connectivity index (χ4n) is 3.72. The van der Waals surface area contributed by atoms with Crippen LogP contribution in [0.1, 0.15) is 43.2 Å². The van der Waals surface area contributed by atoms with E-state index in [1.807, 2.05) is 6.07 Å². The number of nitrogens with zero attached hydrogens (tertiary/aromatic N) is 3. The number of benzene rings is 2. The highest BCUT2D eigenvalue weighted by atomic mass is 19.2. The van der Waals surface area contributed by atoms with E-state index < -0.39 is 23.7 Å². The number of carbonyl (C=O) groups excluding carboxylic acids is 2. The number of esters is 1. The lowest BCUT2D eigenvalue weighted by molar-refractivity contribution is -0.159. The molecule has 2 aromatic carbocycles. The first-order valence-electron chi connectivity index (χ1n) is 10.2. The number of likely N-dealkylation sites (tertiary alicyclic amines) is 1. The summed E-state index contributed by atoms with van der Waals surface area (Å²) in [6.45, 7) is 2.13. The summed E-state index contributed by atoms with van der Waals surface area (Å²) in [5.74, 6) is -2.25. The third-order valence-corrected chi connectivity index (χ3v) is 5.39. The third-order valence-electron chi connectivity index (χ3n) is 5.39. The molecule has 2 heterocycles. The van der Waals surface area contributed by atoms with Crippen LogP contribution in [0.2, 0.25) is 0 Å². The molecule has 4 rings (SSSR count). The number of piperidine rings is 1. The summed E-state index contributed by atoms with van der Waals surface area (Å²) in [7, 11) is 0. The Hall–Kier alpha value is -3.62. The van der Waals surface area contributed by atoms with Gasteiger partial charge in [0.15, 0.2) is 11.6 Å². The third kappa shape index (κ3) is 4.66. The average molecular weight is 441 g/mol. The van der Waals surface area contributed by atoms with Crippen molar-refractivity contribution in [1.29, 1.82) is 0 Å². The van der Waals surface area contributed by atoms with Gasteiger partial charge in [0.25, 0.3) is 5.91 Å². The number of halogens is 2. The van der Waals surface area contributed by atoms with E-state index in [0.29, 0.717) is 42.9 Å². The summed E-state index contributed by atoms with van der Waals surface area (Å²) in [4.78, 5) is 30.6. The van der Waals surface area contributed by atoms with Gasteiger partial charge in [0, 0.05) is 37.1 Å². The molecule has 1 atom stereocenters. The minimum Gasteiger partial charge on any atom is -0.447 e. The minimum absolute atomic E-state index is 0.0745. The Balaban J connectivity index is 1.42. The molecule has 0 saturated carbocycles. The van der Waals surface area contributed by atoms with Crippen molar-refractivity contribution in [2.24, 2.45) is 0 Å². The van der Waals surface area contributed by atoms with Crippen LogP contribution in [0.3, 0.4) is 0 Å². The van der Waals surface area contributed by atoms with Gasteiger partial charge >= 0.3 is 5.97 Å². The Morgan fingerprint density at radius 2 is 1.81 bits per heavy atom. The van der Waals surface area contributed by atoms with Crippen molar-refractivity contribution >= 4 is 11.9 Å². The predicted molar refractivity (Wildman–Crippen MR) is 109 cm³/mol. The van der Waals surface area contributed by atoms with Gasteiger partial charge in [0.1, 0.15) is 0 Å². The van der Waals surface area contributed by atoms with Crippen molar-refractivity contribution in [2.75, 3.05) is 13.1 Å². The molecule has 0 aliphatic carbocycles. The van der Waals surface area contributed by atoms with Crippen molar-refractivity contribution in [3.8, 4) is 11.4 Å². The molecule has 0 bridgehead atoms. The number of ether oxygens (including phenoxy) is 1. The quantitative estimate of drug-likeness (QED) is 0.556. The number of hydrogen-bond acceptors (Lipinski definition) is 6. The van der Waals surface area contributed by atoms with Gasteiger partial charge < -0.3 is 14.2 Å². The zero-order valence-electron chi connectivity index (χ0n) is 17.3. The first-order valence-corrected chi connectivity index (χ1v) is 10.2. The maximum atomic E-state index is 13.5. The van der Waals surface area contributed by atoms with Gasteiger partial charge in [0.05, 0.1) is 0 Å². The summed E-state index contributed by atoms with van der Waals surface area (Å²) >= 11 is 0. The van der Waals surface area contributed by atoms with Gasteiger partial charge in [-0.1, -0.05) is 35.5 Å². The van der Waals surface area contributed by atoms with Crippen molar-refractivity contribution in [2.45, 2.75) is 31.8 Å². The van der Waals surface area contributed by atoms with Gasteiger partial charge in [-0.15, -0.1) is 0 Å². The fraction of sp³-hybridized carbons (Fsp3) is 0.304. The zero-order valence-corrected chi connectivity index (χ0v) is 17.3. The maximum absolute atomic E-state index is 13.5. The number of aromatic nitrogens is 2. The van der Waals surface area contributed by atoms with Crippen LogP contribution in [0.25, 0.3) is 11.4 Å². The lowest BCUT2D eigenvalue weighted by atomic mass is 9.96. The second-order valence-corrected chi connectivity index (χ2v) is 7.58. The lowest BCUT2D eigenvalue weighted by Gasteiger charge is -2.32. The molecule has 1 aromatic heterocycles. The summed E-state index contributed by atoms with van der Waals surface area (Å²) < 4.78 is 37.3. The maximum Gasteiger partial charge on any atom is 0.303 e. The second kappa shape index (κ2) is 9.25. The molecule has 1 amide bonds.